The first kappa shape index (κ1) is 12.1. The number of nitrogens with zero attached hydrogens (tertiary/aromatic N) is 1. The van der Waals surface area contributed by atoms with E-state index in [0.717, 1.165) is 4.60 Å². The minimum Gasteiger partial charge on any atom is -0.370 e. The Kier molecular flexibility index (Phi) is 5.23. The van der Waals surface area contributed by atoms with E-state index in [0.29, 0.717) is 18.8 Å². The van der Waals surface area contributed by atoms with Gasteiger partial charge in [-0.1, -0.05) is 0 Å². The molecule has 1 rings (SSSR count). The smallest absolute Gasteiger partial charge is 0.250 e. The monoisotopic (exact) mass is 273 g/mol. The molecule has 1 heterocycles. The third kappa shape index (κ3) is 4.87. The van der Waals surface area contributed by atoms with E-state index in [2.05, 4.69) is 26.2 Å². The maximum atomic E-state index is 11.3. The largest absolute Gasteiger partial charge is 0.370 e. The summed E-state index contributed by atoms with van der Waals surface area (Å²) in [4.78, 5) is 15.2. The Morgan fingerprint density at radius 3 is 3.00 bits per heavy atom. The minimum atomic E-state index is -0.215. The summed E-state index contributed by atoms with van der Waals surface area (Å²) >= 11 is 3.20. The van der Waals surface area contributed by atoms with Crippen LogP contribution >= 0.6 is 15.9 Å². The second-order valence-electron chi connectivity index (χ2n) is 2.76. The van der Waals surface area contributed by atoms with Crippen LogP contribution in [0, 0.1) is 0 Å². The first-order valence-electron chi connectivity index (χ1n) is 4.41. The van der Waals surface area contributed by atoms with Gasteiger partial charge in [0.2, 0.25) is 5.91 Å². The van der Waals surface area contributed by atoms with Crippen molar-refractivity contribution in [2.45, 2.75) is 0 Å². The number of aromatic nitrogens is 1. The SMILES string of the molecule is NCCOCC(=O)Nc1ccc(Br)nc1. The average Bonchev–Trinajstić information content (AvgIpc) is 2.22. The maximum Gasteiger partial charge on any atom is 0.250 e. The quantitative estimate of drug-likeness (QED) is 0.613. The third-order valence-corrected chi connectivity index (χ3v) is 1.98. The maximum absolute atomic E-state index is 11.3. The van der Waals surface area contributed by atoms with Crippen molar-refractivity contribution >= 4 is 27.5 Å². The van der Waals surface area contributed by atoms with Gasteiger partial charge in [0.1, 0.15) is 11.2 Å². The van der Waals surface area contributed by atoms with Crippen molar-refractivity contribution in [3.05, 3.63) is 22.9 Å². The predicted octanol–water partition coefficient (Wildman–Crippen LogP) is 0.758. The summed E-state index contributed by atoms with van der Waals surface area (Å²) in [7, 11) is 0. The van der Waals surface area contributed by atoms with Crippen molar-refractivity contribution in [1.29, 1.82) is 0 Å². The van der Waals surface area contributed by atoms with Crippen LogP contribution in [0.4, 0.5) is 5.69 Å². The Morgan fingerprint density at radius 2 is 2.40 bits per heavy atom. The molecule has 82 valence electrons. The molecule has 0 radical (unpaired) electrons. The first-order valence-corrected chi connectivity index (χ1v) is 5.21. The molecule has 6 heteroatoms. The fourth-order valence-corrected chi connectivity index (χ4v) is 1.13. The Bertz CT molecular complexity index is 316. The second kappa shape index (κ2) is 6.49. The zero-order valence-electron chi connectivity index (χ0n) is 8.07. The molecule has 0 spiro atoms. The molecule has 1 aromatic heterocycles. The number of anilines is 1. The van der Waals surface area contributed by atoms with Crippen molar-refractivity contribution in [2.75, 3.05) is 25.1 Å². The molecular formula is C9H12BrN3O2. The van der Waals surface area contributed by atoms with E-state index >= 15 is 0 Å². The Balaban J connectivity index is 2.34. The molecule has 1 aromatic rings. The van der Waals surface area contributed by atoms with Crippen LogP contribution in [0.25, 0.3) is 0 Å². The zero-order chi connectivity index (χ0) is 11.1. The molecule has 0 unspecified atom stereocenters. The number of amides is 1. The van der Waals surface area contributed by atoms with Crippen LogP contribution in [-0.4, -0.2) is 30.6 Å². The highest BCUT2D eigenvalue weighted by Gasteiger charge is 2.01. The lowest BCUT2D eigenvalue weighted by Gasteiger charge is -2.04. The molecule has 0 saturated carbocycles. The molecule has 0 aromatic carbocycles. The summed E-state index contributed by atoms with van der Waals surface area (Å²) < 4.78 is 5.70. The molecule has 0 fully saturated rings. The van der Waals surface area contributed by atoms with Crippen molar-refractivity contribution in [3.63, 3.8) is 0 Å². The Labute approximate surface area is 96.1 Å². The lowest BCUT2D eigenvalue weighted by atomic mass is 10.4. The molecular weight excluding hydrogens is 262 g/mol. The topological polar surface area (TPSA) is 77.2 Å². The highest BCUT2D eigenvalue weighted by atomic mass is 79.9. The number of carbonyl (C=O) groups is 1. The summed E-state index contributed by atoms with van der Waals surface area (Å²) in [5.74, 6) is -0.215. The van der Waals surface area contributed by atoms with E-state index in [4.69, 9.17) is 10.5 Å². The van der Waals surface area contributed by atoms with E-state index in [1.807, 2.05) is 0 Å². The van der Waals surface area contributed by atoms with Gasteiger partial charge < -0.3 is 15.8 Å². The summed E-state index contributed by atoms with van der Waals surface area (Å²) in [6, 6.07) is 3.49. The first-order chi connectivity index (χ1) is 7.22. The third-order valence-electron chi connectivity index (χ3n) is 1.51. The number of halogens is 1. The molecule has 0 aliphatic rings. The highest BCUT2D eigenvalue weighted by Crippen LogP contribution is 2.09. The van der Waals surface area contributed by atoms with Gasteiger partial charge in [0, 0.05) is 6.54 Å². The summed E-state index contributed by atoms with van der Waals surface area (Å²) in [6.45, 7) is 0.798. The van der Waals surface area contributed by atoms with E-state index < -0.39 is 0 Å². The lowest BCUT2D eigenvalue weighted by molar-refractivity contribution is -0.120. The van der Waals surface area contributed by atoms with Gasteiger partial charge in [0.05, 0.1) is 18.5 Å². The van der Waals surface area contributed by atoms with Crippen molar-refractivity contribution < 1.29 is 9.53 Å². The second-order valence-corrected chi connectivity index (χ2v) is 3.57. The zero-order valence-corrected chi connectivity index (χ0v) is 9.66. The van der Waals surface area contributed by atoms with Crippen LogP contribution in [0.1, 0.15) is 0 Å². The number of nitrogens with one attached hydrogen (secondary N) is 1. The fourth-order valence-electron chi connectivity index (χ4n) is 0.895. The van der Waals surface area contributed by atoms with Gasteiger partial charge >= 0.3 is 0 Å². The lowest BCUT2D eigenvalue weighted by Crippen LogP contribution is -2.20. The normalized spacial score (nSPS) is 10.0. The molecule has 15 heavy (non-hydrogen) atoms. The molecule has 0 saturated heterocycles. The van der Waals surface area contributed by atoms with Gasteiger partial charge in [0.25, 0.3) is 0 Å². The Hall–Kier alpha value is -0.980. The van der Waals surface area contributed by atoms with Crippen molar-refractivity contribution in [2.24, 2.45) is 5.73 Å². The summed E-state index contributed by atoms with van der Waals surface area (Å²) in [5.41, 5.74) is 5.85. The van der Waals surface area contributed by atoms with Crippen molar-refractivity contribution in [1.82, 2.24) is 4.98 Å². The number of hydrogen-bond donors (Lipinski definition) is 2. The molecule has 5 nitrogen and oxygen atoms in total. The average molecular weight is 274 g/mol. The fraction of sp³-hybridized carbons (Fsp3) is 0.333. The number of carbonyl (C=O) groups excluding carboxylic acids is 1. The number of pyridine rings is 1. The number of ether oxygens (including phenoxy) is 1. The number of rotatable bonds is 5. The Morgan fingerprint density at radius 1 is 1.60 bits per heavy atom. The molecule has 0 bridgehead atoms. The molecule has 0 atom stereocenters. The minimum absolute atomic E-state index is 0.00721. The molecule has 0 aliphatic carbocycles. The molecule has 3 N–H and O–H groups in total. The van der Waals surface area contributed by atoms with E-state index in [-0.39, 0.29) is 12.5 Å². The van der Waals surface area contributed by atoms with Crippen LogP contribution < -0.4 is 11.1 Å². The van der Waals surface area contributed by atoms with Crippen LogP contribution in [0.5, 0.6) is 0 Å². The van der Waals surface area contributed by atoms with Gasteiger partial charge in [-0.25, -0.2) is 4.98 Å². The summed E-state index contributed by atoms with van der Waals surface area (Å²) in [6.07, 6.45) is 1.56. The van der Waals surface area contributed by atoms with Gasteiger partial charge in [0.15, 0.2) is 0 Å². The molecule has 1 amide bonds. The van der Waals surface area contributed by atoms with Gasteiger partial charge in [-0.05, 0) is 28.1 Å². The van der Waals surface area contributed by atoms with Crippen LogP contribution in [0.2, 0.25) is 0 Å². The summed E-state index contributed by atoms with van der Waals surface area (Å²) in [5, 5.41) is 2.64. The van der Waals surface area contributed by atoms with Gasteiger partial charge in [-0.15, -0.1) is 0 Å². The van der Waals surface area contributed by atoms with Crippen LogP contribution in [0.3, 0.4) is 0 Å². The van der Waals surface area contributed by atoms with E-state index in [9.17, 15) is 4.79 Å². The number of nitrogens with two attached hydrogens (primary N) is 1. The van der Waals surface area contributed by atoms with Crippen LogP contribution in [-0.2, 0) is 9.53 Å². The van der Waals surface area contributed by atoms with Gasteiger partial charge in [-0.3, -0.25) is 4.79 Å². The van der Waals surface area contributed by atoms with E-state index in [1.165, 1.54) is 0 Å². The highest BCUT2D eigenvalue weighted by molar-refractivity contribution is 9.10. The molecule has 0 aliphatic heterocycles. The standard InChI is InChI=1S/C9H12BrN3O2/c10-8-2-1-7(5-12-8)13-9(14)6-15-4-3-11/h1-2,5H,3-4,6,11H2,(H,13,14). The number of hydrogen-bond acceptors (Lipinski definition) is 4. The van der Waals surface area contributed by atoms with E-state index in [1.54, 1.807) is 18.3 Å². The predicted molar refractivity (Wildman–Crippen MR) is 60.4 cm³/mol. The van der Waals surface area contributed by atoms with Crippen molar-refractivity contribution in [3.8, 4) is 0 Å². The van der Waals surface area contributed by atoms with Crippen LogP contribution in [0.15, 0.2) is 22.9 Å². The van der Waals surface area contributed by atoms with Gasteiger partial charge in [-0.2, -0.15) is 0 Å².